The van der Waals surface area contributed by atoms with Crippen LogP contribution in [-0.2, 0) is 0 Å². The molecule has 0 aliphatic carbocycles. The summed E-state index contributed by atoms with van der Waals surface area (Å²) in [5, 5.41) is 5.77. The van der Waals surface area contributed by atoms with Crippen LogP contribution in [0.5, 0.6) is 5.75 Å². The number of aryl methyl sites for hydroxylation is 1. The maximum absolute atomic E-state index is 12.4. The molecule has 4 nitrogen and oxygen atoms in total. The number of thiazole rings is 1. The molecule has 0 spiro atoms. The van der Waals surface area contributed by atoms with E-state index in [2.05, 4.69) is 10.3 Å². The van der Waals surface area contributed by atoms with Crippen molar-refractivity contribution in [3.8, 4) is 15.6 Å². The van der Waals surface area contributed by atoms with Crippen molar-refractivity contribution >= 4 is 34.3 Å². The van der Waals surface area contributed by atoms with Crippen molar-refractivity contribution in [3.63, 3.8) is 0 Å². The van der Waals surface area contributed by atoms with Crippen LogP contribution in [0, 0.1) is 6.92 Å². The largest absolute Gasteiger partial charge is 0.497 e. The SMILES string of the molecule is COc1cccc(NC(=O)c2sc(-c3cccs3)nc2C)c1. The first-order valence-corrected chi connectivity index (χ1v) is 8.33. The van der Waals surface area contributed by atoms with Gasteiger partial charge in [0.1, 0.15) is 15.6 Å². The van der Waals surface area contributed by atoms with Gasteiger partial charge < -0.3 is 10.1 Å². The summed E-state index contributed by atoms with van der Waals surface area (Å²) in [4.78, 5) is 18.6. The zero-order chi connectivity index (χ0) is 15.5. The van der Waals surface area contributed by atoms with Gasteiger partial charge in [0.2, 0.25) is 0 Å². The van der Waals surface area contributed by atoms with Gasteiger partial charge in [0.15, 0.2) is 0 Å². The minimum atomic E-state index is -0.147. The lowest BCUT2D eigenvalue weighted by Crippen LogP contribution is -2.11. The molecular formula is C16H14N2O2S2. The lowest BCUT2D eigenvalue weighted by Gasteiger charge is -2.06. The van der Waals surface area contributed by atoms with E-state index in [1.807, 2.05) is 42.6 Å². The summed E-state index contributed by atoms with van der Waals surface area (Å²) in [6.07, 6.45) is 0. The van der Waals surface area contributed by atoms with E-state index < -0.39 is 0 Å². The molecule has 1 aromatic carbocycles. The highest BCUT2D eigenvalue weighted by atomic mass is 32.1. The predicted molar refractivity (Wildman–Crippen MR) is 91.1 cm³/mol. The number of anilines is 1. The first-order chi connectivity index (χ1) is 10.7. The van der Waals surface area contributed by atoms with Crippen molar-refractivity contribution in [1.29, 1.82) is 0 Å². The number of ether oxygens (including phenoxy) is 1. The van der Waals surface area contributed by atoms with Crippen LogP contribution in [0.4, 0.5) is 5.69 Å². The van der Waals surface area contributed by atoms with Gasteiger partial charge in [0.25, 0.3) is 5.91 Å². The van der Waals surface area contributed by atoms with Gasteiger partial charge >= 0.3 is 0 Å². The molecule has 22 heavy (non-hydrogen) atoms. The zero-order valence-electron chi connectivity index (χ0n) is 12.1. The maximum Gasteiger partial charge on any atom is 0.267 e. The molecule has 1 N–H and O–H groups in total. The van der Waals surface area contributed by atoms with Crippen LogP contribution in [0.15, 0.2) is 41.8 Å². The van der Waals surface area contributed by atoms with E-state index in [1.54, 1.807) is 24.5 Å². The van der Waals surface area contributed by atoms with E-state index in [4.69, 9.17) is 4.74 Å². The lowest BCUT2D eigenvalue weighted by atomic mass is 10.3. The second-order valence-electron chi connectivity index (χ2n) is 4.60. The number of carbonyl (C=O) groups is 1. The van der Waals surface area contributed by atoms with Gasteiger partial charge in [0.05, 0.1) is 17.7 Å². The first-order valence-electron chi connectivity index (χ1n) is 6.64. The molecular weight excluding hydrogens is 316 g/mol. The average molecular weight is 330 g/mol. The quantitative estimate of drug-likeness (QED) is 0.769. The predicted octanol–water partition coefficient (Wildman–Crippen LogP) is 4.44. The fourth-order valence-electron chi connectivity index (χ4n) is 2.00. The van der Waals surface area contributed by atoms with E-state index in [9.17, 15) is 4.79 Å². The van der Waals surface area contributed by atoms with Crippen molar-refractivity contribution in [2.24, 2.45) is 0 Å². The number of aromatic nitrogens is 1. The monoisotopic (exact) mass is 330 g/mol. The van der Waals surface area contributed by atoms with Crippen LogP contribution >= 0.6 is 22.7 Å². The molecule has 0 unspecified atom stereocenters. The number of carbonyl (C=O) groups excluding carboxylic acids is 1. The highest BCUT2D eigenvalue weighted by Crippen LogP contribution is 2.31. The van der Waals surface area contributed by atoms with Crippen molar-refractivity contribution in [1.82, 2.24) is 4.98 Å². The number of methoxy groups -OCH3 is 1. The van der Waals surface area contributed by atoms with Crippen molar-refractivity contribution < 1.29 is 9.53 Å². The third-order valence-corrected chi connectivity index (χ3v) is 5.26. The van der Waals surface area contributed by atoms with Gasteiger partial charge in [-0.05, 0) is 30.5 Å². The summed E-state index contributed by atoms with van der Waals surface area (Å²) in [6, 6.07) is 11.3. The third kappa shape index (κ3) is 3.03. The lowest BCUT2D eigenvalue weighted by molar-refractivity contribution is 0.103. The van der Waals surface area contributed by atoms with E-state index in [0.717, 1.165) is 15.6 Å². The fourth-order valence-corrected chi connectivity index (χ4v) is 3.76. The number of nitrogens with one attached hydrogen (secondary N) is 1. The highest BCUT2D eigenvalue weighted by molar-refractivity contribution is 7.22. The van der Waals surface area contributed by atoms with Crippen LogP contribution in [0.3, 0.4) is 0 Å². The van der Waals surface area contributed by atoms with Crippen molar-refractivity contribution in [2.45, 2.75) is 6.92 Å². The highest BCUT2D eigenvalue weighted by Gasteiger charge is 2.17. The Balaban J connectivity index is 1.83. The summed E-state index contributed by atoms with van der Waals surface area (Å²) >= 11 is 3.03. The van der Waals surface area contributed by atoms with Crippen LogP contribution in [-0.4, -0.2) is 18.0 Å². The molecule has 3 aromatic rings. The van der Waals surface area contributed by atoms with Crippen LogP contribution in [0.2, 0.25) is 0 Å². The second kappa shape index (κ2) is 6.29. The molecule has 2 aromatic heterocycles. The molecule has 3 rings (SSSR count). The molecule has 6 heteroatoms. The van der Waals surface area contributed by atoms with E-state index >= 15 is 0 Å². The molecule has 0 saturated heterocycles. The molecule has 0 aliphatic rings. The van der Waals surface area contributed by atoms with Crippen molar-refractivity contribution in [2.75, 3.05) is 12.4 Å². The van der Waals surface area contributed by atoms with Gasteiger partial charge in [0, 0.05) is 11.8 Å². The molecule has 0 fully saturated rings. The average Bonchev–Trinajstić information content (AvgIpc) is 3.16. The number of nitrogens with zero attached hydrogens (tertiary/aromatic N) is 1. The molecule has 2 heterocycles. The van der Waals surface area contributed by atoms with Gasteiger partial charge in [-0.25, -0.2) is 4.98 Å². The summed E-state index contributed by atoms with van der Waals surface area (Å²) < 4.78 is 5.16. The number of hydrogen-bond donors (Lipinski definition) is 1. The van der Waals surface area contributed by atoms with Gasteiger partial charge in [-0.2, -0.15) is 0 Å². The van der Waals surface area contributed by atoms with E-state index in [1.165, 1.54) is 11.3 Å². The Morgan fingerprint density at radius 2 is 2.14 bits per heavy atom. The normalized spacial score (nSPS) is 10.5. The molecule has 0 radical (unpaired) electrons. The molecule has 112 valence electrons. The second-order valence-corrected chi connectivity index (χ2v) is 6.54. The van der Waals surface area contributed by atoms with Gasteiger partial charge in [-0.1, -0.05) is 12.1 Å². The van der Waals surface area contributed by atoms with Crippen molar-refractivity contribution in [3.05, 3.63) is 52.3 Å². The van der Waals surface area contributed by atoms with Gasteiger partial charge in [-0.3, -0.25) is 4.79 Å². The van der Waals surface area contributed by atoms with E-state index in [0.29, 0.717) is 16.3 Å². The topological polar surface area (TPSA) is 51.2 Å². The maximum atomic E-state index is 12.4. The number of thiophene rings is 1. The smallest absolute Gasteiger partial charge is 0.267 e. The van der Waals surface area contributed by atoms with Crippen LogP contribution < -0.4 is 10.1 Å². The number of amides is 1. The first kappa shape index (κ1) is 14.7. The van der Waals surface area contributed by atoms with Gasteiger partial charge in [-0.15, -0.1) is 22.7 Å². The summed E-state index contributed by atoms with van der Waals surface area (Å²) in [5.41, 5.74) is 1.45. The molecule has 0 bridgehead atoms. The Morgan fingerprint density at radius 1 is 1.27 bits per heavy atom. The Hall–Kier alpha value is -2.18. The van der Waals surface area contributed by atoms with E-state index in [-0.39, 0.29) is 5.91 Å². The third-order valence-electron chi connectivity index (χ3n) is 3.06. The van der Waals surface area contributed by atoms with Crippen LogP contribution in [0.25, 0.3) is 9.88 Å². The minimum absolute atomic E-state index is 0.147. The van der Waals surface area contributed by atoms with Crippen LogP contribution in [0.1, 0.15) is 15.4 Å². The summed E-state index contributed by atoms with van der Waals surface area (Å²) in [6.45, 7) is 1.86. The zero-order valence-corrected chi connectivity index (χ0v) is 13.8. The summed E-state index contributed by atoms with van der Waals surface area (Å²) in [5.74, 6) is 0.559. The Bertz CT molecular complexity index is 794. The molecule has 1 amide bonds. The number of benzene rings is 1. The Labute approximate surface area is 136 Å². The minimum Gasteiger partial charge on any atom is -0.497 e. The fraction of sp³-hybridized carbons (Fsp3) is 0.125. The Morgan fingerprint density at radius 3 is 2.86 bits per heavy atom. The Kier molecular flexibility index (Phi) is 4.22. The number of hydrogen-bond acceptors (Lipinski definition) is 5. The molecule has 0 atom stereocenters. The number of rotatable bonds is 4. The standard InChI is InChI=1S/C16H14N2O2S2/c1-10-14(22-16(17-10)13-7-4-8-21-13)15(19)18-11-5-3-6-12(9-11)20-2/h3-9H,1-2H3,(H,18,19). The molecule has 0 saturated carbocycles. The molecule has 0 aliphatic heterocycles. The summed E-state index contributed by atoms with van der Waals surface area (Å²) in [7, 11) is 1.60.